The lowest BCUT2D eigenvalue weighted by Crippen LogP contribution is -2.39. The smallest absolute Gasteiger partial charge is 0.265 e. The Labute approximate surface area is 223 Å². The van der Waals surface area contributed by atoms with Crippen molar-refractivity contribution >= 4 is 23.4 Å². The molecule has 1 aromatic carbocycles. The number of rotatable bonds is 10. The lowest BCUT2D eigenvalue weighted by Gasteiger charge is -2.26. The van der Waals surface area contributed by atoms with E-state index in [1.165, 1.54) is 6.21 Å². The first-order valence-electron chi connectivity index (χ1n) is 14.0. The van der Waals surface area contributed by atoms with Gasteiger partial charge in [-0.1, -0.05) is 38.8 Å². The van der Waals surface area contributed by atoms with Gasteiger partial charge in [-0.05, 0) is 82.2 Å². The fraction of sp³-hybridized carbons (Fsp3) is 0.548. The summed E-state index contributed by atoms with van der Waals surface area (Å²) in [6.07, 6.45) is 15.0. The number of hydrogen-bond donors (Lipinski definition) is 0. The third kappa shape index (κ3) is 7.80. The maximum atomic E-state index is 15.2. The normalized spacial score (nSPS) is 19.4. The minimum absolute atomic E-state index is 0.0731. The molecule has 0 spiro atoms. The molecule has 1 atom stereocenters. The monoisotopic (exact) mass is 508 g/mol. The van der Waals surface area contributed by atoms with E-state index in [1.54, 1.807) is 18.2 Å². The predicted molar refractivity (Wildman–Crippen MR) is 154 cm³/mol. The average molecular weight is 509 g/mol. The molecule has 0 radical (unpaired) electrons. The summed E-state index contributed by atoms with van der Waals surface area (Å²) in [7, 11) is 1.95. The first-order chi connectivity index (χ1) is 17.8. The van der Waals surface area contributed by atoms with Crippen LogP contribution in [0.4, 0.5) is 10.1 Å². The van der Waals surface area contributed by atoms with Crippen LogP contribution in [0.5, 0.6) is 0 Å². The van der Waals surface area contributed by atoms with Gasteiger partial charge in [-0.3, -0.25) is 4.79 Å². The molecule has 37 heavy (non-hydrogen) atoms. The van der Waals surface area contributed by atoms with Crippen molar-refractivity contribution in [2.24, 2.45) is 4.99 Å². The van der Waals surface area contributed by atoms with Crippen LogP contribution in [0.2, 0.25) is 0 Å². The van der Waals surface area contributed by atoms with Gasteiger partial charge in [-0.2, -0.15) is 0 Å². The van der Waals surface area contributed by atoms with Gasteiger partial charge in [0.2, 0.25) is 0 Å². The minimum Gasteiger partial charge on any atom is -0.371 e. The standard InChI is InChI=1S/C31H45FN4O/c1-6-8-15-26(7-2)34(5)30(33-23-31(37)36-20-11-9-10-14-25(36)4)21-24(3)28-17-16-27(22-29(28)32)35-18-12-13-19-35/h7,16-17,21-23,25H,3,6,8-15,18-20H2,1-2,4-5H3/b26-7-,30-21-,33-23+. The van der Waals surface area contributed by atoms with Gasteiger partial charge in [-0.25, -0.2) is 9.38 Å². The number of nitrogens with zero attached hydrogens (tertiary/aromatic N) is 4. The van der Waals surface area contributed by atoms with Gasteiger partial charge in [0.25, 0.3) is 5.91 Å². The maximum Gasteiger partial charge on any atom is 0.265 e. The van der Waals surface area contributed by atoms with Crippen molar-refractivity contribution in [2.75, 3.05) is 31.6 Å². The molecular weight excluding hydrogens is 463 g/mol. The molecule has 1 amide bonds. The summed E-state index contributed by atoms with van der Waals surface area (Å²) < 4.78 is 15.2. The number of unbranched alkanes of at least 4 members (excludes halogenated alkanes) is 1. The number of amides is 1. The van der Waals surface area contributed by atoms with Gasteiger partial charge >= 0.3 is 0 Å². The number of anilines is 1. The summed E-state index contributed by atoms with van der Waals surface area (Å²) in [4.78, 5) is 23.9. The second-order valence-electron chi connectivity index (χ2n) is 10.3. The molecule has 5 nitrogen and oxygen atoms in total. The molecule has 2 aliphatic rings. The SMILES string of the molecule is C=C(/C=C(/N=C/C(=O)N1CCCCCC1C)N(C)/C(=C\C)CCCC)c1ccc(N2CCCC2)cc1F. The zero-order chi connectivity index (χ0) is 26.8. The lowest BCUT2D eigenvalue weighted by atomic mass is 10.1. The third-order valence-electron chi connectivity index (χ3n) is 7.61. The van der Waals surface area contributed by atoms with Gasteiger partial charge in [0, 0.05) is 49.7 Å². The van der Waals surface area contributed by atoms with Crippen molar-refractivity contribution in [1.29, 1.82) is 0 Å². The Kier molecular flexibility index (Phi) is 11.0. The Hall–Kier alpha value is -2.89. The molecular formula is C31H45FN4O. The zero-order valence-corrected chi connectivity index (χ0v) is 23.3. The van der Waals surface area contributed by atoms with Crippen molar-refractivity contribution in [3.05, 3.63) is 59.8 Å². The summed E-state index contributed by atoms with van der Waals surface area (Å²) in [6, 6.07) is 5.59. The topological polar surface area (TPSA) is 39.2 Å². The molecule has 202 valence electrons. The molecule has 0 bridgehead atoms. The first kappa shape index (κ1) is 28.7. The molecule has 3 rings (SSSR count). The number of hydrogen-bond acceptors (Lipinski definition) is 4. The number of allylic oxidation sites excluding steroid dienone is 4. The molecule has 1 unspecified atom stereocenters. The summed E-state index contributed by atoms with van der Waals surface area (Å²) in [5.74, 6) is 0.215. The number of carbonyl (C=O) groups is 1. The Balaban J connectivity index is 1.88. The molecule has 0 aromatic heterocycles. The number of carbonyl (C=O) groups excluding carboxylic acids is 1. The van der Waals surface area contributed by atoms with Gasteiger partial charge in [-0.15, -0.1) is 0 Å². The van der Waals surface area contributed by atoms with Crippen LogP contribution in [-0.4, -0.2) is 54.6 Å². The van der Waals surface area contributed by atoms with E-state index in [4.69, 9.17) is 0 Å². The van der Waals surface area contributed by atoms with Crippen molar-refractivity contribution in [3.63, 3.8) is 0 Å². The van der Waals surface area contributed by atoms with Crippen molar-refractivity contribution in [3.8, 4) is 0 Å². The van der Waals surface area contributed by atoms with E-state index in [1.807, 2.05) is 29.8 Å². The van der Waals surface area contributed by atoms with Crippen LogP contribution in [0.3, 0.4) is 0 Å². The maximum absolute atomic E-state index is 15.2. The predicted octanol–water partition coefficient (Wildman–Crippen LogP) is 7.17. The first-order valence-corrected chi connectivity index (χ1v) is 14.0. The van der Waals surface area contributed by atoms with Gasteiger partial charge in [0.15, 0.2) is 0 Å². The zero-order valence-electron chi connectivity index (χ0n) is 23.3. The third-order valence-corrected chi connectivity index (χ3v) is 7.61. The fourth-order valence-corrected chi connectivity index (χ4v) is 5.20. The highest BCUT2D eigenvalue weighted by atomic mass is 19.1. The Morgan fingerprint density at radius 2 is 1.92 bits per heavy atom. The number of likely N-dealkylation sites (tertiary alicyclic amines) is 1. The largest absolute Gasteiger partial charge is 0.371 e. The second kappa shape index (κ2) is 14.2. The summed E-state index contributed by atoms with van der Waals surface area (Å²) in [6.45, 7) is 13.2. The highest BCUT2D eigenvalue weighted by molar-refractivity contribution is 6.26. The average Bonchev–Trinajstić information content (AvgIpc) is 3.35. The van der Waals surface area contributed by atoms with Crippen LogP contribution in [0, 0.1) is 5.82 Å². The molecule has 0 N–H and O–H groups in total. The highest BCUT2D eigenvalue weighted by Gasteiger charge is 2.21. The van der Waals surface area contributed by atoms with Crippen molar-refractivity contribution in [1.82, 2.24) is 9.80 Å². The van der Waals surface area contributed by atoms with Crippen molar-refractivity contribution < 1.29 is 9.18 Å². The number of benzene rings is 1. The molecule has 2 aliphatic heterocycles. The van der Waals surface area contributed by atoms with Crippen LogP contribution in [-0.2, 0) is 4.79 Å². The van der Waals surface area contributed by atoms with Crippen LogP contribution >= 0.6 is 0 Å². The second-order valence-corrected chi connectivity index (χ2v) is 10.3. The summed E-state index contributed by atoms with van der Waals surface area (Å²) >= 11 is 0. The minimum atomic E-state index is -0.289. The lowest BCUT2D eigenvalue weighted by molar-refractivity contribution is -0.125. The van der Waals surface area contributed by atoms with Crippen molar-refractivity contribution in [2.45, 2.75) is 84.6 Å². The summed E-state index contributed by atoms with van der Waals surface area (Å²) in [5.41, 5.74) is 3.01. The van der Waals surface area contributed by atoms with E-state index in [0.717, 1.165) is 88.8 Å². The van der Waals surface area contributed by atoms with E-state index >= 15 is 4.39 Å². The Bertz CT molecular complexity index is 1020. The van der Waals surface area contributed by atoms with Gasteiger partial charge < -0.3 is 14.7 Å². The molecule has 2 saturated heterocycles. The van der Waals surface area contributed by atoms with Gasteiger partial charge in [0.1, 0.15) is 11.6 Å². The molecule has 2 heterocycles. The number of aliphatic imine (C=N–C) groups is 1. The van der Waals surface area contributed by atoms with Crippen LogP contribution in [0.1, 0.15) is 84.1 Å². The van der Waals surface area contributed by atoms with Crippen LogP contribution in [0.25, 0.3) is 5.57 Å². The summed E-state index contributed by atoms with van der Waals surface area (Å²) in [5, 5.41) is 0. The van der Waals surface area contributed by atoms with E-state index in [2.05, 4.69) is 36.4 Å². The van der Waals surface area contributed by atoms with Crippen LogP contribution < -0.4 is 4.90 Å². The van der Waals surface area contributed by atoms with E-state index in [0.29, 0.717) is 17.0 Å². The van der Waals surface area contributed by atoms with E-state index < -0.39 is 0 Å². The number of halogens is 1. The molecule has 0 saturated carbocycles. The van der Waals surface area contributed by atoms with E-state index in [9.17, 15) is 4.79 Å². The van der Waals surface area contributed by atoms with Crippen LogP contribution in [0.15, 0.2) is 53.4 Å². The quantitative estimate of drug-likeness (QED) is 0.248. The molecule has 1 aromatic rings. The molecule has 2 fully saturated rings. The molecule has 6 heteroatoms. The fourth-order valence-electron chi connectivity index (χ4n) is 5.20. The van der Waals surface area contributed by atoms with E-state index in [-0.39, 0.29) is 17.8 Å². The van der Waals surface area contributed by atoms with Gasteiger partial charge in [0.05, 0.1) is 6.21 Å². The Morgan fingerprint density at radius 1 is 1.19 bits per heavy atom. The molecule has 0 aliphatic carbocycles. The Morgan fingerprint density at radius 3 is 2.59 bits per heavy atom. The highest BCUT2D eigenvalue weighted by Crippen LogP contribution is 2.28.